The fourth-order valence-corrected chi connectivity index (χ4v) is 5.42. The molecule has 2 N–H and O–H groups in total. The van der Waals surface area contributed by atoms with Gasteiger partial charge in [0.15, 0.2) is 11.7 Å². The van der Waals surface area contributed by atoms with Crippen LogP contribution in [-0.4, -0.2) is 65.2 Å². The molecule has 2 atom stereocenters. The van der Waals surface area contributed by atoms with Crippen LogP contribution in [0.15, 0.2) is 36.9 Å². The zero-order valence-corrected chi connectivity index (χ0v) is 19.2. The Bertz CT molecular complexity index is 1300. The molecular weight excluding hydrogens is 529 g/mol. The molecular formula is C22H19F7N6O3. The molecule has 3 aliphatic carbocycles. The lowest BCUT2D eigenvalue weighted by atomic mass is 9.31. The zero-order chi connectivity index (χ0) is 27.6. The number of rotatable bonds is 9. The molecule has 16 heteroatoms. The van der Waals surface area contributed by atoms with Crippen molar-refractivity contribution in [1.82, 2.24) is 30.2 Å². The fourth-order valence-electron chi connectivity index (χ4n) is 5.42. The van der Waals surface area contributed by atoms with Crippen LogP contribution in [-0.2, 0) is 17.6 Å². The molecule has 0 saturated heterocycles. The molecule has 0 unspecified atom stereocenters. The van der Waals surface area contributed by atoms with Crippen LogP contribution >= 0.6 is 0 Å². The van der Waals surface area contributed by atoms with Crippen LogP contribution in [0.3, 0.4) is 0 Å². The first-order chi connectivity index (χ1) is 17.7. The van der Waals surface area contributed by atoms with Crippen molar-refractivity contribution in [2.24, 2.45) is 5.41 Å². The molecule has 0 aliphatic heterocycles. The van der Waals surface area contributed by atoms with Gasteiger partial charge in [0.2, 0.25) is 5.88 Å². The first kappa shape index (κ1) is 26.2. The van der Waals surface area contributed by atoms with E-state index < -0.39 is 65.0 Å². The van der Waals surface area contributed by atoms with Crippen molar-refractivity contribution in [3.05, 3.63) is 59.8 Å². The first-order valence-corrected chi connectivity index (χ1v) is 11.2. The predicted molar refractivity (Wildman–Crippen MR) is 111 cm³/mol. The number of benzene rings is 1. The molecule has 0 amide bonds. The number of aliphatic hydroxyl groups excluding tert-OH is 1. The second-order valence-electron chi connectivity index (χ2n) is 9.77. The second kappa shape index (κ2) is 8.56. The lowest BCUT2D eigenvalue weighted by Crippen LogP contribution is -2.76. The summed E-state index contributed by atoms with van der Waals surface area (Å²) in [5.74, 6) is -6.61. The maximum Gasteiger partial charge on any atom is 0.417 e. The summed E-state index contributed by atoms with van der Waals surface area (Å²) in [5, 5.41) is 30.5. The summed E-state index contributed by atoms with van der Waals surface area (Å²) in [6.07, 6.45) is -4.89. The minimum absolute atomic E-state index is 0.157. The molecule has 3 fully saturated rings. The Balaban J connectivity index is 1.35. The normalized spacial score (nSPS) is 25.2. The van der Waals surface area contributed by atoms with Gasteiger partial charge in [-0.05, 0) is 41.8 Å². The van der Waals surface area contributed by atoms with E-state index in [1.807, 2.05) is 0 Å². The third-order valence-electron chi connectivity index (χ3n) is 7.31. The SMILES string of the molecule is O[C@@H](COc1cnc(C23CC(C(F)(F)[C@@](O)(Cn4cnnn4)c4ccc(F)cc4F)(C2)C3)cn1)C(F)(F)F. The number of aliphatic hydroxyl groups is 2. The zero-order valence-electron chi connectivity index (χ0n) is 19.2. The highest BCUT2D eigenvalue weighted by molar-refractivity contribution is 5.40. The van der Waals surface area contributed by atoms with Crippen LogP contribution in [0, 0.1) is 17.0 Å². The largest absolute Gasteiger partial charge is 0.473 e. The van der Waals surface area contributed by atoms with Gasteiger partial charge in [-0.1, -0.05) is 0 Å². The summed E-state index contributed by atoms with van der Waals surface area (Å²) < 4.78 is 103. The Morgan fingerprint density at radius 3 is 2.32 bits per heavy atom. The quantitative estimate of drug-likeness (QED) is 0.392. The molecule has 2 heterocycles. The van der Waals surface area contributed by atoms with Crippen molar-refractivity contribution in [2.45, 2.75) is 55.0 Å². The number of hydrogen-bond acceptors (Lipinski definition) is 8. The third-order valence-corrected chi connectivity index (χ3v) is 7.31. The van der Waals surface area contributed by atoms with E-state index in [1.54, 1.807) is 0 Å². The van der Waals surface area contributed by atoms with Gasteiger partial charge in [-0.2, -0.15) is 13.2 Å². The van der Waals surface area contributed by atoms with Crippen molar-refractivity contribution in [2.75, 3.05) is 6.61 Å². The van der Waals surface area contributed by atoms with E-state index in [2.05, 4.69) is 25.5 Å². The summed E-state index contributed by atoms with van der Waals surface area (Å²) in [6.45, 7) is -2.02. The number of nitrogens with zero attached hydrogens (tertiary/aromatic N) is 6. The maximum atomic E-state index is 16.2. The fraction of sp³-hybridized carbons (Fsp3) is 0.500. The number of halogens is 7. The Morgan fingerprint density at radius 1 is 1.05 bits per heavy atom. The van der Waals surface area contributed by atoms with Gasteiger partial charge in [0.1, 0.15) is 24.6 Å². The second-order valence-corrected chi connectivity index (χ2v) is 9.77. The highest BCUT2D eigenvalue weighted by atomic mass is 19.4. The topological polar surface area (TPSA) is 119 Å². The van der Waals surface area contributed by atoms with Crippen molar-refractivity contribution in [1.29, 1.82) is 0 Å². The summed E-state index contributed by atoms with van der Waals surface area (Å²) in [6, 6.07) is 1.91. The van der Waals surface area contributed by atoms with Gasteiger partial charge < -0.3 is 14.9 Å². The summed E-state index contributed by atoms with van der Waals surface area (Å²) in [5.41, 5.74) is -6.27. The Labute approximate surface area is 209 Å². The van der Waals surface area contributed by atoms with Gasteiger partial charge in [0.25, 0.3) is 5.92 Å². The summed E-state index contributed by atoms with van der Waals surface area (Å²) >= 11 is 0. The molecule has 0 spiro atoms. The maximum absolute atomic E-state index is 16.2. The van der Waals surface area contributed by atoms with Crippen LogP contribution < -0.4 is 4.74 Å². The van der Waals surface area contributed by atoms with Crippen LogP contribution in [0.4, 0.5) is 30.7 Å². The Kier molecular flexibility index (Phi) is 5.90. The molecule has 3 saturated carbocycles. The Morgan fingerprint density at radius 2 is 1.76 bits per heavy atom. The molecule has 2 aromatic heterocycles. The summed E-state index contributed by atoms with van der Waals surface area (Å²) in [4.78, 5) is 7.92. The van der Waals surface area contributed by atoms with Crippen LogP contribution in [0.5, 0.6) is 5.88 Å². The van der Waals surface area contributed by atoms with E-state index in [1.165, 1.54) is 6.20 Å². The smallest absolute Gasteiger partial charge is 0.417 e. The lowest BCUT2D eigenvalue weighted by molar-refractivity contribution is -0.348. The summed E-state index contributed by atoms with van der Waals surface area (Å²) in [7, 11) is 0. The van der Waals surface area contributed by atoms with E-state index in [9.17, 15) is 27.1 Å². The average Bonchev–Trinajstić information content (AvgIpc) is 3.28. The van der Waals surface area contributed by atoms with E-state index in [-0.39, 0.29) is 30.8 Å². The lowest BCUT2D eigenvalue weighted by Gasteiger charge is -2.73. The minimum Gasteiger partial charge on any atom is -0.473 e. The number of alkyl halides is 5. The molecule has 6 rings (SSSR count). The van der Waals surface area contributed by atoms with Gasteiger partial charge in [0, 0.05) is 22.5 Å². The van der Waals surface area contributed by atoms with Crippen LogP contribution in [0.25, 0.3) is 0 Å². The van der Waals surface area contributed by atoms with E-state index in [4.69, 9.17) is 9.84 Å². The molecule has 1 aromatic carbocycles. The van der Waals surface area contributed by atoms with Gasteiger partial charge in [-0.25, -0.2) is 27.2 Å². The van der Waals surface area contributed by atoms with E-state index in [0.717, 1.165) is 29.3 Å². The van der Waals surface area contributed by atoms with Crippen molar-refractivity contribution in [3.63, 3.8) is 0 Å². The molecule has 2 bridgehead atoms. The highest BCUT2D eigenvalue weighted by Crippen LogP contribution is 2.80. The number of hydrogen-bond donors (Lipinski definition) is 2. The number of tetrazole rings is 1. The first-order valence-electron chi connectivity index (χ1n) is 11.2. The van der Waals surface area contributed by atoms with Crippen LogP contribution in [0.2, 0.25) is 0 Å². The van der Waals surface area contributed by atoms with Crippen molar-refractivity contribution in [3.8, 4) is 5.88 Å². The van der Waals surface area contributed by atoms with Gasteiger partial charge >= 0.3 is 6.18 Å². The minimum atomic E-state index is -4.87. The molecule has 38 heavy (non-hydrogen) atoms. The molecule has 3 aromatic rings. The number of aromatic nitrogens is 6. The van der Waals surface area contributed by atoms with Gasteiger partial charge in [-0.3, -0.25) is 4.98 Å². The molecule has 204 valence electrons. The van der Waals surface area contributed by atoms with E-state index >= 15 is 8.78 Å². The average molecular weight is 548 g/mol. The van der Waals surface area contributed by atoms with Crippen molar-refractivity contribution < 1.29 is 45.7 Å². The van der Waals surface area contributed by atoms with Gasteiger partial charge in [0.05, 0.1) is 24.6 Å². The van der Waals surface area contributed by atoms with Gasteiger partial charge in [-0.15, -0.1) is 5.10 Å². The standard InChI is InChI=1S/C22H19F7N6O3/c23-12-1-2-13(14(24)3-12)20(37,10-35-11-32-33-34-35)22(28,29)19-7-18(8-19,9-19)15-4-31-17(5-30-15)38-6-16(36)21(25,26)27/h1-5,11,16,36-37H,6-10H2/t16-,18?,19?,20+/m0/s1. The molecule has 3 aliphatic rings. The van der Waals surface area contributed by atoms with E-state index in [0.29, 0.717) is 6.07 Å². The Hall–Kier alpha value is -3.40. The van der Waals surface area contributed by atoms with Crippen molar-refractivity contribution >= 4 is 0 Å². The molecule has 0 radical (unpaired) electrons. The monoisotopic (exact) mass is 548 g/mol. The number of ether oxygens (including phenoxy) is 1. The predicted octanol–water partition coefficient (Wildman–Crippen LogP) is 2.69. The highest BCUT2D eigenvalue weighted by Gasteiger charge is 2.82. The third kappa shape index (κ3) is 3.97. The van der Waals surface area contributed by atoms with Crippen LogP contribution in [0.1, 0.15) is 30.5 Å². The molecule has 9 nitrogen and oxygen atoms in total.